The summed E-state index contributed by atoms with van der Waals surface area (Å²) >= 11 is 8.12. The van der Waals surface area contributed by atoms with Gasteiger partial charge in [0.2, 0.25) is 0 Å². The van der Waals surface area contributed by atoms with Crippen molar-refractivity contribution >= 4 is 46.2 Å². The first-order valence-corrected chi connectivity index (χ1v) is 15.1. The molecule has 0 aliphatic carbocycles. The molecule has 5 rings (SSSR count). The fourth-order valence-corrected chi connectivity index (χ4v) is 6.32. The van der Waals surface area contributed by atoms with E-state index in [2.05, 4.69) is 26.8 Å². The molecule has 0 saturated carbocycles. The monoisotopic (exact) mass is 606 g/mol. The first-order chi connectivity index (χ1) is 19.9. The Morgan fingerprint density at radius 2 is 1.79 bits per heavy atom. The topological polar surface area (TPSA) is 104 Å². The number of hydrogen-bond acceptors (Lipinski definition) is 7. The summed E-state index contributed by atoms with van der Waals surface area (Å²) in [4.78, 5) is 43.4. The maximum atomic E-state index is 13.3. The lowest BCUT2D eigenvalue weighted by molar-refractivity contribution is 0.0593. The van der Waals surface area contributed by atoms with Gasteiger partial charge in [-0.3, -0.25) is 9.36 Å². The van der Waals surface area contributed by atoms with Crippen LogP contribution >= 0.6 is 23.4 Å². The van der Waals surface area contributed by atoms with Crippen LogP contribution < -0.4 is 10.5 Å². The number of rotatable bonds is 7. The standard InChI is InChI=1S/C31H35ClN6O3S/c1-30(2,3)38(29(40)41)19-31(4)12-14-36(15-13-31)24-16-34-25(17-33-24)42-23-11-10-22-26(27(23)32)28(39)37(20-35-22)18-21-8-6-5-7-9-21/h5-11,16-17,20H,12-15,18-19H2,1-4H3,(H,40,41). The van der Waals surface area contributed by atoms with E-state index in [4.69, 9.17) is 11.6 Å². The summed E-state index contributed by atoms with van der Waals surface area (Å²) in [6, 6.07) is 13.4. The second kappa shape index (κ2) is 11.9. The Bertz CT molecular complexity index is 1630. The second-order valence-corrected chi connectivity index (χ2v) is 13.5. The van der Waals surface area contributed by atoms with E-state index < -0.39 is 11.6 Å². The van der Waals surface area contributed by atoms with E-state index in [0.717, 1.165) is 37.3 Å². The second-order valence-electron chi connectivity index (χ2n) is 12.1. The molecule has 1 aliphatic heterocycles. The molecule has 0 unspecified atom stereocenters. The maximum absolute atomic E-state index is 13.3. The first kappa shape index (κ1) is 29.8. The number of anilines is 1. The number of hydrogen-bond donors (Lipinski definition) is 1. The van der Waals surface area contributed by atoms with Crippen LogP contribution in [0, 0.1) is 5.41 Å². The highest BCUT2D eigenvalue weighted by molar-refractivity contribution is 7.99. The SMILES string of the molecule is CC1(CN(C(=O)O)C(C)(C)C)CCN(c2cnc(Sc3ccc4ncn(Cc5ccccc5)c(=O)c4c3Cl)cn2)CC1. The summed E-state index contributed by atoms with van der Waals surface area (Å²) in [5.41, 5.74) is 0.805. The van der Waals surface area contributed by atoms with Crippen LogP contribution in [0.3, 0.4) is 0 Å². The number of fused-ring (bicyclic) bond motifs is 1. The average molecular weight is 607 g/mol. The van der Waals surface area contributed by atoms with Gasteiger partial charge in [-0.05, 0) is 56.7 Å². The molecule has 1 aliphatic rings. The lowest BCUT2D eigenvalue weighted by Crippen LogP contribution is -2.52. The van der Waals surface area contributed by atoms with Crippen LogP contribution in [0.2, 0.25) is 5.02 Å². The Balaban J connectivity index is 1.27. The van der Waals surface area contributed by atoms with Gasteiger partial charge in [0.15, 0.2) is 0 Å². The van der Waals surface area contributed by atoms with Crippen molar-refractivity contribution in [2.24, 2.45) is 5.41 Å². The third-order valence-corrected chi connectivity index (χ3v) is 9.28. The Kier molecular flexibility index (Phi) is 8.48. The van der Waals surface area contributed by atoms with E-state index in [9.17, 15) is 14.7 Å². The van der Waals surface area contributed by atoms with Crippen molar-refractivity contribution in [2.45, 2.75) is 62.5 Å². The van der Waals surface area contributed by atoms with Gasteiger partial charge in [-0.25, -0.2) is 19.7 Å². The van der Waals surface area contributed by atoms with Crippen molar-refractivity contribution in [3.63, 3.8) is 0 Å². The van der Waals surface area contributed by atoms with Crippen molar-refractivity contribution in [1.29, 1.82) is 0 Å². The summed E-state index contributed by atoms with van der Waals surface area (Å²) in [6.45, 7) is 10.4. The zero-order valence-corrected chi connectivity index (χ0v) is 25.8. The van der Waals surface area contributed by atoms with Gasteiger partial charge in [0.1, 0.15) is 10.8 Å². The lowest BCUT2D eigenvalue weighted by Gasteiger charge is -2.45. The normalized spacial score (nSPS) is 15.1. The smallest absolute Gasteiger partial charge is 0.407 e. The number of carbonyl (C=O) groups is 1. The quantitative estimate of drug-likeness (QED) is 0.257. The van der Waals surface area contributed by atoms with Crippen LogP contribution in [-0.2, 0) is 6.54 Å². The Labute approximate surface area is 254 Å². The molecule has 1 saturated heterocycles. The van der Waals surface area contributed by atoms with E-state index in [0.29, 0.717) is 38.9 Å². The molecule has 3 heterocycles. The number of nitrogens with zero attached hydrogens (tertiary/aromatic N) is 6. The number of piperidine rings is 1. The maximum Gasteiger partial charge on any atom is 0.407 e. The number of halogens is 1. The molecule has 42 heavy (non-hydrogen) atoms. The molecular formula is C31H35ClN6O3S. The van der Waals surface area contributed by atoms with Gasteiger partial charge in [0.25, 0.3) is 5.56 Å². The summed E-state index contributed by atoms with van der Waals surface area (Å²) in [5.74, 6) is 0.782. The molecule has 2 aromatic heterocycles. The predicted octanol–water partition coefficient (Wildman–Crippen LogP) is 6.42. The Morgan fingerprint density at radius 1 is 1.07 bits per heavy atom. The highest BCUT2D eigenvalue weighted by Crippen LogP contribution is 2.37. The summed E-state index contributed by atoms with van der Waals surface area (Å²) < 4.78 is 1.57. The van der Waals surface area contributed by atoms with Gasteiger partial charge in [-0.15, -0.1) is 0 Å². The van der Waals surface area contributed by atoms with E-state index in [1.165, 1.54) is 11.8 Å². The van der Waals surface area contributed by atoms with E-state index in [1.807, 2.05) is 57.2 Å². The molecule has 2 aromatic carbocycles. The van der Waals surface area contributed by atoms with Crippen LogP contribution in [0.5, 0.6) is 0 Å². The summed E-state index contributed by atoms with van der Waals surface area (Å²) in [5, 5.41) is 11.1. The average Bonchev–Trinajstić information content (AvgIpc) is 2.95. The Hall–Kier alpha value is -3.63. The molecule has 0 atom stereocenters. The van der Waals surface area contributed by atoms with Gasteiger partial charge in [0, 0.05) is 30.1 Å². The van der Waals surface area contributed by atoms with Crippen molar-refractivity contribution in [3.05, 3.63) is 82.1 Å². The molecule has 0 bridgehead atoms. The van der Waals surface area contributed by atoms with Crippen LogP contribution in [0.4, 0.5) is 10.6 Å². The van der Waals surface area contributed by atoms with Gasteiger partial charge >= 0.3 is 6.09 Å². The predicted molar refractivity (Wildman–Crippen MR) is 167 cm³/mol. The van der Waals surface area contributed by atoms with Gasteiger partial charge in [-0.2, -0.15) is 0 Å². The van der Waals surface area contributed by atoms with Gasteiger partial charge < -0.3 is 14.9 Å². The van der Waals surface area contributed by atoms with Crippen molar-refractivity contribution < 1.29 is 9.90 Å². The molecule has 4 aromatic rings. The first-order valence-electron chi connectivity index (χ1n) is 13.9. The molecule has 11 heteroatoms. The fraction of sp³-hybridized carbons (Fsp3) is 0.387. The zero-order chi connectivity index (χ0) is 30.1. The van der Waals surface area contributed by atoms with Gasteiger partial charge in [-0.1, -0.05) is 60.6 Å². The van der Waals surface area contributed by atoms with Crippen LogP contribution in [0.15, 0.2) is 75.9 Å². The van der Waals surface area contributed by atoms with Crippen molar-refractivity contribution in [2.75, 3.05) is 24.5 Å². The third-order valence-electron chi connectivity index (χ3n) is 7.80. The highest BCUT2D eigenvalue weighted by Gasteiger charge is 2.37. The minimum absolute atomic E-state index is 0.104. The molecule has 1 fully saturated rings. The fourth-order valence-electron chi connectivity index (χ4n) is 5.20. The molecular weight excluding hydrogens is 572 g/mol. The highest BCUT2D eigenvalue weighted by atomic mass is 35.5. The van der Waals surface area contributed by atoms with Crippen LogP contribution in [0.1, 0.15) is 46.1 Å². The third kappa shape index (κ3) is 6.55. The molecule has 9 nitrogen and oxygen atoms in total. The number of benzene rings is 2. The van der Waals surface area contributed by atoms with Gasteiger partial charge in [0.05, 0.1) is 41.2 Å². The summed E-state index contributed by atoms with van der Waals surface area (Å²) in [6.07, 6.45) is 5.86. The van der Waals surface area contributed by atoms with E-state index in [-0.39, 0.29) is 11.0 Å². The molecule has 220 valence electrons. The summed E-state index contributed by atoms with van der Waals surface area (Å²) in [7, 11) is 0. The van der Waals surface area contributed by atoms with E-state index in [1.54, 1.807) is 34.3 Å². The minimum Gasteiger partial charge on any atom is -0.465 e. The van der Waals surface area contributed by atoms with Crippen LogP contribution in [0.25, 0.3) is 10.9 Å². The van der Waals surface area contributed by atoms with Crippen LogP contribution in [-0.4, -0.2) is 60.8 Å². The van der Waals surface area contributed by atoms with Crippen molar-refractivity contribution in [1.82, 2.24) is 24.4 Å². The van der Waals surface area contributed by atoms with E-state index >= 15 is 0 Å². The number of amides is 1. The minimum atomic E-state index is -0.884. The lowest BCUT2D eigenvalue weighted by atomic mass is 9.79. The molecule has 1 N–H and O–H groups in total. The molecule has 0 radical (unpaired) electrons. The van der Waals surface area contributed by atoms with Crippen molar-refractivity contribution in [3.8, 4) is 0 Å². The molecule has 0 spiro atoms. The number of carboxylic acid groups (broad SMARTS) is 1. The largest absolute Gasteiger partial charge is 0.465 e. The Morgan fingerprint density at radius 3 is 2.40 bits per heavy atom. The number of aromatic nitrogens is 4. The molecule has 1 amide bonds. The zero-order valence-electron chi connectivity index (χ0n) is 24.2.